The van der Waals surface area contributed by atoms with E-state index in [1.54, 1.807) is 30.3 Å². The fourth-order valence-electron chi connectivity index (χ4n) is 4.22. The summed E-state index contributed by atoms with van der Waals surface area (Å²) in [5.74, 6) is -0.255. The maximum Gasteiger partial charge on any atom is 0.253 e. The van der Waals surface area contributed by atoms with Gasteiger partial charge in [0.05, 0.1) is 0 Å². The van der Waals surface area contributed by atoms with E-state index in [9.17, 15) is 9.18 Å². The van der Waals surface area contributed by atoms with Gasteiger partial charge < -0.3 is 10.2 Å². The Labute approximate surface area is 158 Å². The van der Waals surface area contributed by atoms with Gasteiger partial charge in [-0.25, -0.2) is 4.39 Å². The molecule has 1 amide bonds. The van der Waals surface area contributed by atoms with Crippen molar-refractivity contribution in [3.63, 3.8) is 0 Å². The third-order valence-electron chi connectivity index (χ3n) is 5.65. The molecule has 26 heavy (non-hydrogen) atoms. The lowest BCUT2D eigenvalue weighted by Crippen LogP contribution is -2.47. The minimum atomic E-state index is -0.319. The standard InChI is InChI=1S/C21H22ClFN2O/c22-17-6-7-19(23)18(12-17)15-2-4-16(5-3-15)20(26)25-11-1-8-21(14-25)9-10-24-13-21/h2-7,12,24H,1,8-11,13-14H2/t21-/m0/s1. The van der Waals surface area contributed by atoms with Crippen LogP contribution in [0.2, 0.25) is 5.02 Å². The second-order valence-electron chi connectivity index (χ2n) is 7.46. The summed E-state index contributed by atoms with van der Waals surface area (Å²) in [6.07, 6.45) is 3.39. The lowest BCUT2D eigenvalue weighted by atomic mass is 9.79. The number of halogens is 2. The van der Waals surface area contributed by atoms with E-state index in [1.807, 2.05) is 4.90 Å². The number of carbonyl (C=O) groups excluding carboxylic acids is 1. The molecule has 4 rings (SSSR count). The molecule has 0 aromatic heterocycles. The van der Waals surface area contributed by atoms with Crippen molar-refractivity contribution in [2.24, 2.45) is 5.41 Å². The lowest BCUT2D eigenvalue weighted by molar-refractivity contribution is 0.0553. The topological polar surface area (TPSA) is 32.3 Å². The molecule has 0 saturated carbocycles. The first-order valence-electron chi connectivity index (χ1n) is 9.12. The third-order valence-corrected chi connectivity index (χ3v) is 5.89. The van der Waals surface area contributed by atoms with E-state index < -0.39 is 0 Å². The van der Waals surface area contributed by atoms with E-state index in [1.165, 1.54) is 18.6 Å². The molecule has 0 unspecified atom stereocenters. The van der Waals surface area contributed by atoms with Gasteiger partial charge in [-0.3, -0.25) is 4.79 Å². The first-order chi connectivity index (χ1) is 12.6. The Hall–Kier alpha value is -1.91. The number of nitrogens with zero attached hydrogens (tertiary/aromatic N) is 1. The van der Waals surface area contributed by atoms with Gasteiger partial charge in [0, 0.05) is 41.2 Å². The molecule has 3 nitrogen and oxygen atoms in total. The zero-order chi connectivity index (χ0) is 18.1. The van der Waals surface area contributed by atoms with Gasteiger partial charge in [0.15, 0.2) is 0 Å². The SMILES string of the molecule is O=C(c1ccc(-c2cc(Cl)ccc2F)cc1)N1CCC[C@@]2(CCNC2)C1. The molecule has 2 heterocycles. The molecule has 0 aliphatic carbocycles. The monoisotopic (exact) mass is 372 g/mol. The van der Waals surface area contributed by atoms with Gasteiger partial charge in [-0.15, -0.1) is 0 Å². The highest BCUT2D eigenvalue weighted by atomic mass is 35.5. The smallest absolute Gasteiger partial charge is 0.253 e. The molecule has 136 valence electrons. The maximum absolute atomic E-state index is 14.0. The molecule has 2 fully saturated rings. The summed E-state index contributed by atoms with van der Waals surface area (Å²) in [4.78, 5) is 14.9. The minimum absolute atomic E-state index is 0.0640. The number of amides is 1. The molecule has 2 aliphatic rings. The number of rotatable bonds is 2. The second kappa shape index (κ2) is 7.01. The summed E-state index contributed by atoms with van der Waals surface area (Å²) >= 11 is 5.98. The summed E-state index contributed by atoms with van der Waals surface area (Å²) in [6.45, 7) is 3.68. The van der Waals surface area contributed by atoms with Crippen LogP contribution in [0.3, 0.4) is 0 Å². The van der Waals surface area contributed by atoms with Gasteiger partial charge >= 0.3 is 0 Å². The average Bonchev–Trinajstić information content (AvgIpc) is 3.11. The Morgan fingerprint density at radius 1 is 1.15 bits per heavy atom. The molecule has 0 bridgehead atoms. The van der Waals surface area contributed by atoms with Crippen LogP contribution in [0.15, 0.2) is 42.5 Å². The predicted octanol–water partition coefficient (Wildman–Crippen LogP) is 4.36. The van der Waals surface area contributed by atoms with Crippen molar-refractivity contribution in [3.8, 4) is 11.1 Å². The van der Waals surface area contributed by atoms with Gasteiger partial charge in [-0.2, -0.15) is 0 Å². The fourth-order valence-corrected chi connectivity index (χ4v) is 4.39. The molecule has 2 aromatic carbocycles. The summed E-state index contributed by atoms with van der Waals surface area (Å²) in [7, 11) is 0. The molecule has 1 spiro atoms. The quantitative estimate of drug-likeness (QED) is 0.849. The first kappa shape index (κ1) is 17.5. The zero-order valence-corrected chi connectivity index (χ0v) is 15.4. The molecule has 5 heteroatoms. The van der Waals surface area contributed by atoms with Crippen LogP contribution in [0, 0.1) is 11.2 Å². The molecule has 0 radical (unpaired) electrons. The summed E-state index contributed by atoms with van der Waals surface area (Å²) in [6, 6.07) is 11.6. The van der Waals surface area contributed by atoms with Crippen molar-refractivity contribution in [3.05, 3.63) is 58.9 Å². The third kappa shape index (κ3) is 3.36. The number of carbonyl (C=O) groups is 1. The van der Waals surface area contributed by atoms with Crippen LogP contribution in [0.5, 0.6) is 0 Å². The molecule has 1 atom stereocenters. The van der Waals surface area contributed by atoms with E-state index in [0.717, 1.165) is 44.6 Å². The van der Waals surface area contributed by atoms with E-state index >= 15 is 0 Å². The minimum Gasteiger partial charge on any atom is -0.338 e. The Kier molecular flexibility index (Phi) is 4.72. The summed E-state index contributed by atoms with van der Waals surface area (Å²) < 4.78 is 14.0. The Morgan fingerprint density at radius 3 is 2.69 bits per heavy atom. The summed E-state index contributed by atoms with van der Waals surface area (Å²) in [5, 5.41) is 3.92. The van der Waals surface area contributed by atoms with Crippen molar-refractivity contribution >= 4 is 17.5 Å². The lowest BCUT2D eigenvalue weighted by Gasteiger charge is -2.40. The van der Waals surface area contributed by atoms with E-state index in [2.05, 4.69) is 5.32 Å². The normalized spacial score (nSPS) is 22.8. The van der Waals surface area contributed by atoms with Crippen LogP contribution >= 0.6 is 11.6 Å². The Balaban J connectivity index is 1.53. The van der Waals surface area contributed by atoms with Crippen molar-refractivity contribution in [2.75, 3.05) is 26.2 Å². The average molecular weight is 373 g/mol. The van der Waals surface area contributed by atoms with Crippen molar-refractivity contribution in [1.29, 1.82) is 0 Å². The summed E-state index contributed by atoms with van der Waals surface area (Å²) in [5.41, 5.74) is 2.07. The van der Waals surface area contributed by atoms with E-state index in [4.69, 9.17) is 11.6 Å². The number of piperidine rings is 1. The number of hydrogen-bond acceptors (Lipinski definition) is 2. The van der Waals surface area contributed by atoms with Crippen molar-refractivity contribution in [1.82, 2.24) is 10.2 Å². The van der Waals surface area contributed by atoms with Crippen LogP contribution in [0.25, 0.3) is 11.1 Å². The largest absolute Gasteiger partial charge is 0.338 e. The molecular formula is C21H22ClFN2O. The fraction of sp³-hybridized carbons (Fsp3) is 0.381. The van der Waals surface area contributed by atoms with Gasteiger partial charge in [0.1, 0.15) is 5.82 Å². The number of likely N-dealkylation sites (tertiary alicyclic amines) is 1. The van der Waals surface area contributed by atoms with E-state index in [-0.39, 0.29) is 17.1 Å². The van der Waals surface area contributed by atoms with Crippen LogP contribution in [-0.2, 0) is 0 Å². The van der Waals surface area contributed by atoms with Crippen LogP contribution in [0.4, 0.5) is 4.39 Å². The van der Waals surface area contributed by atoms with Crippen LogP contribution < -0.4 is 5.32 Å². The van der Waals surface area contributed by atoms with Gasteiger partial charge in [0.25, 0.3) is 5.91 Å². The molecule has 2 saturated heterocycles. The maximum atomic E-state index is 14.0. The first-order valence-corrected chi connectivity index (χ1v) is 9.50. The highest BCUT2D eigenvalue weighted by molar-refractivity contribution is 6.30. The molecule has 2 aliphatic heterocycles. The predicted molar refractivity (Wildman–Crippen MR) is 102 cm³/mol. The van der Waals surface area contributed by atoms with Gasteiger partial charge in [-0.1, -0.05) is 23.7 Å². The highest BCUT2D eigenvalue weighted by Gasteiger charge is 2.39. The van der Waals surface area contributed by atoms with Crippen molar-refractivity contribution < 1.29 is 9.18 Å². The van der Waals surface area contributed by atoms with Crippen LogP contribution in [-0.4, -0.2) is 37.0 Å². The van der Waals surface area contributed by atoms with Gasteiger partial charge in [0.2, 0.25) is 0 Å². The van der Waals surface area contributed by atoms with E-state index in [0.29, 0.717) is 16.1 Å². The zero-order valence-electron chi connectivity index (χ0n) is 14.6. The number of nitrogens with one attached hydrogen (secondary N) is 1. The van der Waals surface area contributed by atoms with Gasteiger partial charge in [-0.05, 0) is 61.7 Å². The highest BCUT2D eigenvalue weighted by Crippen LogP contribution is 2.36. The second-order valence-corrected chi connectivity index (χ2v) is 7.89. The van der Waals surface area contributed by atoms with Crippen molar-refractivity contribution in [2.45, 2.75) is 19.3 Å². The Bertz CT molecular complexity index is 815. The number of benzene rings is 2. The molecular weight excluding hydrogens is 351 g/mol. The molecule has 2 aromatic rings. The number of hydrogen-bond donors (Lipinski definition) is 1. The Morgan fingerprint density at radius 2 is 1.96 bits per heavy atom. The molecule has 1 N–H and O–H groups in total. The van der Waals surface area contributed by atoms with Crippen LogP contribution in [0.1, 0.15) is 29.6 Å².